The van der Waals surface area contributed by atoms with Gasteiger partial charge in [-0.05, 0) is 57.9 Å². The van der Waals surface area contributed by atoms with Crippen LogP contribution in [0.25, 0.3) is 16.9 Å². The Bertz CT molecular complexity index is 1290. The number of aromatic nitrogens is 5. The van der Waals surface area contributed by atoms with Crippen molar-refractivity contribution in [2.75, 3.05) is 11.1 Å². The predicted molar refractivity (Wildman–Crippen MR) is 131 cm³/mol. The van der Waals surface area contributed by atoms with Crippen molar-refractivity contribution in [1.29, 1.82) is 0 Å². The average molecular weight is 459 g/mol. The molecule has 168 valence electrons. The molecular formula is C25H26N6OS. The SMILES string of the molecule is Cc1cc(C)cc(-c2cc(NC(=O)CSc3nnc(C)n3C3CC3)n(-c3ccccc3)n2)c1. The molecule has 0 bridgehead atoms. The number of thioether (sulfide) groups is 1. The molecule has 1 fully saturated rings. The van der Waals surface area contributed by atoms with Gasteiger partial charge in [0, 0.05) is 17.7 Å². The van der Waals surface area contributed by atoms with E-state index in [9.17, 15) is 4.79 Å². The van der Waals surface area contributed by atoms with Crippen molar-refractivity contribution >= 4 is 23.5 Å². The lowest BCUT2D eigenvalue weighted by atomic mass is 10.1. The molecule has 0 spiro atoms. The zero-order valence-corrected chi connectivity index (χ0v) is 19.8. The van der Waals surface area contributed by atoms with Crippen LogP contribution in [-0.4, -0.2) is 36.2 Å². The average Bonchev–Trinajstić information content (AvgIpc) is 3.43. The molecule has 33 heavy (non-hydrogen) atoms. The van der Waals surface area contributed by atoms with Gasteiger partial charge >= 0.3 is 0 Å². The summed E-state index contributed by atoms with van der Waals surface area (Å²) in [7, 11) is 0. The van der Waals surface area contributed by atoms with E-state index < -0.39 is 0 Å². The molecule has 8 heteroatoms. The van der Waals surface area contributed by atoms with Crippen molar-refractivity contribution in [3.8, 4) is 16.9 Å². The smallest absolute Gasteiger partial charge is 0.236 e. The van der Waals surface area contributed by atoms with Gasteiger partial charge in [0.25, 0.3) is 0 Å². The first kappa shape index (κ1) is 21.5. The number of carbonyl (C=O) groups is 1. The van der Waals surface area contributed by atoms with Gasteiger partial charge in [0.2, 0.25) is 5.91 Å². The molecule has 1 saturated carbocycles. The fraction of sp³-hybridized carbons (Fsp3) is 0.280. The summed E-state index contributed by atoms with van der Waals surface area (Å²) < 4.78 is 3.93. The van der Waals surface area contributed by atoms with Crippen LogP contribution in [0.4, 0.5) is 5.82 Å². The third-order valence-corrected chi connectivity index (χ3v) is 6.52. The summed E-state index contributed by atoms with van der Waals surface area (Å²) in [4.78, 5) is 12.9. The van der Waals surface area contributed by atoms with Gasteiger partial charge < -0.3 is 9.88 Å². The number of rotatable bonds is 7. The van der Waals surface area contributed by atoms with Crippen molar-refractivity contribution in [1.82, 2.24) is 24.5 Å². The van der Waals surface area contributed by atoms with Crippen LogP contribution in [0.3, 0.4) is 0 Å². The van der Waals surface area contributed by atoms with Gasteiger partial charge in [0.15, 0.2) is 5.16 Å². The van der Waals surface area contributed by atoms with E-state index in [1.165, 1.54) is 22.9 Å². The van der Waals surface area contributed by atoms with Crippen molar-refractivity contribution in [2.45, 2.75) is 44.8 Å². The zero-order chi connectivity index (χ0) is 22.9. The standard InChI is InChI=1S/C25H26N6OS/c1-16-11-17(2)13-19(12-16)22-14-23(31(29-22)21-7-5-4-6-8-21)26-24(32)15-33-25-28-27-18(3)30(25)20-9-10-20/h4-8,11-14,20H,9-10,15H2,1-3H3,(H,26,32). The number of amides is 1. The van der Waals surface area contributed by atoms with Crippen LogP contribution in [0.15, 0.2) is 59.8 Å². The van der Waals surface area contributed by atoms with E-state index in [2.05, 4.69) is 52.1 Å². The van der Waals surface area contributed by atoms with Gasteiger partial charge in [0.05, 0.1) is 17.1 Å². The van der Waals surface area contributed by atoms with Gasteiger partial charge in [-0.15, -0.1) is 10.2 Å². The van der Waals surface area contributed by atoms with Crippen LogP contribution in [0.1, 0.15) is 35.8 Å². The summed E-state index contributed by atoms with van der Waals surface area (Å²) in [6.45, 7) is 6.11. The van der Waals surface area contributed by atoms with Crippen LogP contribution in [-0.2, 0) is 4.79 Å². The lowest BCUT2D eigenvalue weighted by molar-refractivity contribution is -0.113. The van der Waals surface area contributed by atoms with Crippen molar-refractivity contribution in [2.24, 2.45) is 0 Å². The Morgan fingerprint density at radius 1 is 1.03 bits per heavy atom. The second-order valence-corrected chi connectivity index (χ2v) is 9.45. The molecule has 5 rings (SSSR count). The summed E-state index contributed by atoms with van der Waals surface area (Å²) in [6.07, 6.45) is 2.30. The number of hydrogen-bond donors (Lipinski definition) is 1. The number of carbonyl (C=O) groups excluding carboxylic acids is 1. The number of nitrogens with one attached hydrogen (secondary N) is 1. The minimum Gasteiger partial charge on any atom is -0.310 e. The van der Waals surface area contributed by atoms with Crippen LogP contribution >= 0.6 is 11.8 Å². The first-order chi connectivity index (χ1) is 16.0. The molecule has 0 saturated heterocycles. The van der Waals surface area contributed by atoms with Crippen molar-refractivity contribution < 1.29 is 4.79 Å². The number of aryl methyl sites for hydroxylation is 3. The molecule has 1 amide bonds. The summed E-state index contributed by atoms with van der Waals surface area (Å²) >= 11 is 1.42. The fourth-order valence-corrected chi connectivity index (χ4v) is 4.86. The highest BCUT2D eigenvalue weighted by Gasteiger charge is 2.28. The number of hydrogen-bond acceptors (Lipinski definition) is 5. The normalized spacial score (nSPS) is 13.3. The number of nitrogens with zero attached hydrogens (tertiary/aromatic N) is 5. The molecule has 0 radical (unpaired) electrons. The van der Waals surface area contributed by atoms with Gasteiger partial charge in [-0.3, -0.25) is 4.79 Å². The molecule has 1 aliphatic rings. The highest BCUT2D eigenvalue weighted by atomic mass is 32.2. The molecule has 7 nitrogen and oxygen atoms in total. The maximum Gasteiger partial charge on any atom is 0.236 e. The minimum atomic E-state index is -0.105. The number of anilines is 1. The maximum absolute atomic E-state index is 12.9. The van der Waals surface area contributed by atoms with E-state index >= 15 is 0 Å². The van der Waals surface area contributed by atoms with Gasteiger partial charge in [-0.2, -0.15) is 5.10 Å². The molecule has 2 heterocycles. The third kappa shape index (κ3) is 4.71. The Labute approximate surface area is 197 Å². The minimum absolute atomic E-state index is 0.105. The Balaban J connectivity index is 1.39. The summed E-state index contributed by atoms with van der Waals surface area (Å²) in [5, 5.41) is 17.1. The lowest BCUT2D eigenvalue weighted by Crippen LogP contribution is -2.17. The summed E-state index contributed by atoms with van der Waals surface area (Å²) in [5.74, 6) is 1.69. The summed E-state index contributed by atoms with van der Waals surface area (Å²) in [5.41, 5.74) is 5.09. The molecule has 0 aliphatic heterocycles. The zero-order valence-electron chi connectivity index (χ0n) is 18.9. The van der Waals surface area contributed by atoms with Crippen molar-refractivity contribution in [3.63, 3.8) is 0 Å². The van der Waals surface area contributed by atoms with Crippen LogP contribution in [0.5, 0.6) is 0 Å². The Morgan fingerprint density at radius 3 is 2.45 bits per heavy atom. The third-order valence-electron chi connectivity index (χ3n) is 5.57. The first-order valence-corrected chi connectivity index (χ1v) is 12.0. The van der Waals surface area contributed by atoms with Crippen LogP contribution < -0.4 is 5.32 Å². The quantitative estimate of drug-likeness (QED) is 0.389. The highest BCUT2D eigenvalue weighted by molar-refractivity contribution is 7.99. The molecule has 0 atom stereocenters. The Morgan fingerprint density at radius 2 is 1.76 bits per heavy atom. The molecular weight excluding hydrogens is 432 g/mol. The van der Waals surface area contributed by atoms with Gasteiger partial charge in [-0.1, -0.05) is 47.2 Å². The molecule has 4 aromatic rings. The summed E-state index contributed by atoms with van der Waals surface area (Å²) in [6, 6.07) is 18.6. The number of benzene rings is 2. The van der Waals surface area contributed by atoms with E-state index in [1.807, 2.05) is 43.3 Å². The monoisotopic (exact) mass is 458 g/mol. The van der Waals surface area contributed by atoms with Gasteiger partial charge in [-0.25, -0.2) is 4.68 Å². The molecule has 1 aliphatic carbocycles. The Hall–Kier alpha value is -3.39. The highest BCUT2D eigenvalue weighted by Crippen LogP contribution is 2.38. The topological polar surface area (TPSA) is 77.6 Å². The molecule has 2 aromatic heterocycles. The van der Waals surface area contributed by atoms with Crippen LogP contribution in [0, 0.1) is 20.8 Å². The van der Waals surface area contributed by atoms with Gasteiger partial charge in [0.1, 0.15) is 11.6 Å². The Kier molecular flexibility index (Phi) is 5.76. The second kappa shape index (κ2) is 8.86. The maximum atomic E-state index is 12.9. The van der Waals surface area contributed by atoms with E-state index in [0.717, 1.165) is 40.8 Å². The van der Waals surface area contributed by atoms with Crippen LogP contribution in [0.2, 0.25) is 0 Å². The van der Waals surface area contributed by atoms with E-state index in [-0.39, 0.29) is 11.7 Å². The van der Waals surface area contributed by atoms with E-state index in [4.69, 9.17) is 5.10 Å². The number of para-hydroxylation sites is 1. The molecule has 2 aromatic carbocycles. The fourth-order valence-electron chi connectivity index (χ4n) is 4.01. The van der Waals surface area contributed by atoms with Crippen molar-refractivity contribution in [3.05, 3.63) is 71.5 Å². The molecule has 1 N–H and O–H groups in total. The predicted octanol–water partition coefficient (Wildman–Crippen LogP) is 5.12. The largest absolute Gasteiger partial charge is 0.310 e. The second-order valence-electron chi connectivity index (χ2n) is 8.51. The van der Waals surface area contributed by atoms with E-state index in [0.29, 0.717) is 11.9 Å². The van der Waals surface area contributed by atoms with E-state index in [1.54, 1.807) is 4.68 Å². The lowest BCUT2D eigenvalue weighted by Gasteiger charge is -2.09. The molecule has 0 unspecified atom stereocenters. The first-order valence-electron chi connectivity index (χ1n) is 11.1.